The van der Waals surface area contributed by atoms with E-state index < -0.39 is 0 Å². The standard InChI is InChI=1S/C25H22N2O3/c1-15-14-22(29)27(25(15)30)26-21(28)7-3-4-16-8-9-19-11-10-17-5-2-6-18-12-13-20(16)24(19)23(17)18/h2,5-6,8-13,15H,3-4,7,14H2,1H3,(H,26,28). The molecule has 1 aliphatic heterocycles. The quantitative estimate of drug-likeness (QED) is 0.402. The van der Waals surface area contributed by atoms with Gasteiger partial charge in [-0.2, -0.15) is 5.01 Å². The van der Waals surface area contributed by atoms with Gasteiger partial charge >= 0.3 is 0 Å². The van der Waals surface area contributed by atoms with Gasteiger partial charge in [-0.15, -0.1) is 0 Å². The predicted octanol–water partition coefficient (Wildman–Crippen LogP) is 4.33. The van der Waals surface area contributed by atoms with E-state index in [2.05, 4.69) is 60.0 Å². The molecule has 4 aromatic carbocycles. The second-order valence-corrected chi connectivity index (χ2v) is 8.14. The molecule has 1 aliphatic rings. The molecule has 5 heteroatoms. The molecule has 30 heavy (non-hydrogen) atoms. The van der Waals surface area contributed by atoms with Gasteiger partial charge in [0.1, 0.15) is 0 Å². The summed E-state index contributed by atoms with van der Waals surface area (Å²) >= 11 is 0. The molecular weight excluding hydrogens is 376 g/mol. The summed E-state index contributed by atoms with van der Waals surface area (Å²) in [4.78, 5) is 36.0. The number of rotatable bonds is 5. The van der Waals surface area contributed by atoms with E-state index in [-0.39, 0.29) is 36.5 Å². The number of imide groups is 1. The molecule has 0 bridgehead atoms. The molecule has 5 rings (SSSR count). The number of carbonyl (C=O) groups excluding carboxylic acids is 3. The average molecular weight is 398 g/mol. The van der Waals surface area contributed by atoms with Crippen molar-refractivity contribution in [1.29, 1.82) is 0 Å². The fourth-order valence-corrected chi connectivity index (χ4v) is 4.53. The highest BCUT2D eigenvalue weighted by molar-refractivity contribution is 6.23. The van der Waals surface area contributed by atoms with Gasteiger partial charge in [0.15, 0.2) is 0 Å². The van der Waals surface area contributed by atoms with Crippen LogP contribution < -0.4 is 5.43 Å². The fourth-order valence-electron chi connectivity index (χ4n) is 4.53. The Bertz CT molecular complexity index is 1290. The lowest BCUT2D eigenvalue weighted by Gasteiger charge is -2.16. The number of aryl methyl sites for hydroxylation is 1. The Morgan fingerprint density at radius 3 is 2.33 bits per heavy atom. The third-order valence-electron chi connectivity index (χ3n) is 6.08. The van der Waals surface area contributed by atoms with E-state index in [0.717, 1.165) is 11.4 Å². The first-order valence-electron chi connectivity index (χ1n) is 10.3. The Hall–Kier alpha value is -3.47. The molecule has 1 heterocycles. The molecule has 1 atom stereocenters. The number of amides is 3. The van der Waals surface area contributed by atoms with E-state index in [1.807, 2.05) is 0 Å². The second-order valence-electron chi connectivity index (χ2n) is 8.14. The number of benzene rings is 4. The molecule has 0 spiro atoms. The zero-order valence-corrected chi connectivity index (χ0v) is 16.8. The Morgan fingerprint density at radius 1 is 0.967 bits per heavy atom. The summed E-state index contributed by atoms with van der Waals surface area (Å²) in [5, 5.41) is 8.34. The number of hydrogen-bond acceptors (Lipinski definition) is 3. The number of nitrogens with zero attached hydrogens (tertiary/aromatic N) is 1. The Kier molecular flexibility index (Phi) is 4.39. The summed E-state index contributed by atoms with van der Waals surface area (Å²) in [5.41, 5.74) is 3.67. The minimum atomic E-state index is -0.366. The normalized spacial score (nSPS) is 17.0. The zero-order chi connectivity index (χ0) is 20.8. The van der Waals surface area contributed by atoms with Crippen LogP contribution in [0.25, 0.3) is 32.3 Å². The molecular formula is C25H22N2O3. The summed E-state index contributed by atoms with van der Waals surface area (Å²) in [6.07, 6.45) is 1.80. The van der Waals surface area contributed by atoms with Crippen LogP contribution in [0.3, 0.4) is 0 Å². The van der Waals surface area contributed by atoms with E-state index in [9.17, 15) is 14.4 Å². The van der Waals surface area contributed by atoms with Crippen molar-refractivity contribution < 1.29 is 14.4 Å². The molecule has 1 N–H and O–H groups in total. The van der Waals surface area contributed by atoms with Crippen LogP contribution in [0, 0.1) is 5.92 Å². The summed E-state index contributed by atoms with van der Waals surface area (Å²) < 4.78 is 0. The molecule has 1 fully saturated rings. The molecule has 0 aromatic heterocycles. The van der Waals surface area contributed by atoms with Crippen LogP contribution in [0.5, 0.6) is 0 Å². The minimum Gasteiger partial charge on any atom is -0.273 e. The highest BCUT2D eigenvalue weighted by Gasteiger charge is 2.36. The van der Waals surface area contributed by atoms with Gasteiger partial charge in [0.25, 0.3) is 5.91 Å². The molecule has 0 saturated carbocycles. The highest BCUT2D eigenvalue weighted by atomic mass is 16.2. The van der Waals surface area contributed by atoms with E-state index in [1.54, 1.807) is 6.92 Å². The van der Waals surface area contributed by atoms with Crippen LogP contribution in [0.4, 0.5) is 0 Å². The fraction of sp³-hybridized carbons (Fsp3) is 0.240. The van der Waals surface area contributed by atoms with Crippen molar-refractivity contribution in [3.8, 4) is 0 Å². The summed E-state index contributed by atoms with van der Waals surface area (Å²) in [7, 11) is 0. The summed E-state index contributed by atoms with van der Waals surface area (Å²) in [6, 6.07) is 19.3. The Balaban J connectivity index is 1.34. The SMILES string of the molecule is CC1CC(=O)N(NC(=O)CCCc2ccc3ccc4cccc5ccc2c3c45)C1=O. The van der Waals surface area contributed by atoms with Crippen LogP contribution >= 0.6 is 0 Å². The van der Waals surface area contributed by atoms with Crippen molar-refractivity contribution in [2.24, 2.45) is 5.92 Å². The predicted molar refractivity (Wildman–Crippen MR) is 117 cm³/mol. The van der Waals surface area contributed by atoms with Crippen molar-refractivity contribution in [3.05, 3.63) is 60.2 Å². The van der Waals surface area contributed by atoms with Crippen molar-refractivity contribution >= 4 is 50.0 Å². The Morgan fingerprint density at radius 2 is 1.63 bits per heavy atom. The first-order valence-corrected chi connectivity index (χ1v) is 10.3. The maximum atomic E-state index is 12.3. The largest absolute Gasteiger partial charge is 0.273 e. The monoisotopic (exact) mass is 398 g/mol. The lowest BCUT2D eigenvalue weighted by Crippen LogP contribution is -2.46. The zero-order valence-electron chi connectivity index (χ0n) is 16.8. The van der Waals surface area contributed by atoms with Crippen molar-refractivity contribution in [2.45, 2.75) is 32.6 Å². The number of hydrazine groups is 1. The molecule has 1 unspecified atom stereocenters. The van der Waals surface area contributed by atoms with Gasteiger partial charge in [0, 0.05) is 18.8 Å². The van der Waals surface area contributed by atoms with Crippen LogP contribution in [0.15, 0.2) is 54.6 Å². The lowest BCUT2D eigenvalue weighted by atomic mass is 9.90. The first-order chi connectivity index (χ1) is 14.5. The minimum absolute atomic E-state index is 0.155. The number of hydrogen-bond donors (Lipinski definition) is 1. The van der Waals surface area contributed by atoms with Gasteiger partial charge in [0.2, 0.25) is 11.8 Å². The second kappa shape index (κ2) is 7.10. The summed E-state index contributed by atoms with van der Waals surface area (Å²) in [5.74, 6) is -1.34. The van der Waals surface area contributed by atoms with Gasteiger partial charge in [-0.1, -0.05) is 61.5 Å². The lowest BCUT2D eigenvalue weighted by molar-refractivity contribution is -0.148. The van der Waals surface area contributed by atoms with E-state index >= 15 is 0 Å². The van der Waals surface area contributed by atoms with Gasteiger partial charge in [-0.3, -0.25) is 19.8 Å². The third kappa shape index (κ3) is 2.98. The molecule has 1 saturated heterocycles. The van der Waals surface area contributed by atoms with Crippen LogP contribution in [0.1, 0.15) is 31.7 Å². The van der Waals surface area contributed by atoms with Gasteiger partial charge < -0.3 is 0 Å². The maximum Gasteiger partial charge on any atom is 0.251 e. The molecule has 5 nitrogen and oxygen atoms in total. The van der Waals surface area contributed by atoms with Crippen LogP contribution in [-0.4, -0.2) is 22.7 Å². The van der Waals surface area contributed by atoms with Gasteiger partial charge in [-0.25, -0.2) is 0 Å². The van der Waals surface area contributed by atoms with E-state index in [0.29, 0.717) is 6.42 Å². The molecule has 150 valence electrons. The highest BCUT2D eigenvalue weighted by Crippen LogP contribution is 2.36. The van der Waals surface area contributed by atoms with Crippen LogP contribution in [0.2, 0.25) is 0 Å². The first kappa shape index (κ1) is 18.6. The molecule has 0 radical (unpaired) electrons. The smallest absolute Gasteiger partial charge is 0.251 e. The van der Waals surface area contributed by atoms with Crippen molar-refractivity contribution in [3.63, 3.8) is 0 Å². The van der Waals surface area contributed by atoms with Crippen LogP contribution in [-0.2, 0) is 20.8 Å². The van der Waals surface area contributed by atoms with Crippen molar-refractivity contribution in [2.75, 3.05) is 0 Å². The Labute approximate surface area is 173 Å². The maximum absolute atomic E-state index is 12.3. The van der Waals surface area contributed by atoms with Crippen molar-refractivity contribution in [1.82, 2.24) is 10.4 Å². The van der Waals surface area contributed by atoms with Gasteiger partial charge in [-0.05, 0) is 50.7 Å². The molecule has 4 aromatic rings. The topological polar surface area (TPSA) is 66.5 Å². The average Bonchev–Trinajstić information content (AvgIpc) is 2.99. The number of carbonyl (C=O) groups is 3. The molecule has 3 amide bonds. The van der Waals surface area contributed by atoms with Gasteiger partial charge in [0.05, 0.1) is 0 Å². The summed E-state index contributed by atoms with van der Waals surface area (Å²) in [6.45, 7) is 1.69. The van der Waals surface area contributed by atoms with E-state index in [1.165, 1.54) is 37.9 Å². The third-order valence-corrected chi connectivity index (χ3v) is 6.08. The molecule has 0 aliphatic carbocycles. The van der Waals surface area contributed by atoms with E-state index in [4.69, 9.17) is 0 Å². The number of nitrogens with one attached hydrogen (secondary N) is 1.